The van der Waals surface area contributed by atoms with E-state index in [1.165, 1.54) is 36.6 Å². The molecule has 0 saturated carbocycles. The molecule has 30 heavy (non-hydrogen) atoms. The second-order valence-electron chi connectivity index (χ2n) is 5.56. The first kappa shape index (κ1) is 24.5. The number of halogens is 7. The predicted octanol–water partition coefficient (Wildman–Crippen LogP) is 7.14. The van der Waals surface area contributed by atoms with Crippen LogP contribution in [0.15, 0.2) is 52.1 Å². The maximum atomic E-state index is 12.5. The Morgan fingerprint density at radius 3 is 2.17 bits per heavy atom. The minimum Gasteiger partial charge on any atom is -0.489 e. The zero-order valence-electron chi connectivity index (χ0n) is 15.1. The molecule has 162 valence electrons. The number of rotatable bonds is 9. The van der Waals surface area contributed by atoms with E-state index in [2.05, 4.69) is 5.16 Å². The fraction of sp³-hybridized carbons (Fsp3) is 0.211. The fourth-order valence-corrected chi connectivity index (χ4v) is 2.75. The van der Waals surface area contributed by atoms with Gasteiger partial charge in [0.1, 0.15) is 23.5 Å². The quantitative estimate of drug-likeness (QED) is 0.208. The fourth-order valence-electron chi connectivity index (χ4n) is 2.05. The molecule has 0 radical (unpaired) electrons. The molecule has 0 aromatic heterocycles. The normalized spacial score (nSPS) is 11.4. The first-order valence-electron chi connectivity index (χ1n) is 8.25. The number of ether oxygens (including phenoxy) is 2. The number of alkyl halides is 3. The van der Waals surface area contributed by atoms with Gasteiger partial charge < -0.3 is 14.3 Å². The van der Waals surface area contributed by atoms with E-state index in [0.717, 1.165) is 12.1 Å². The summed E-state index contributed by atoms with van der Waals surface area (Å²) in [5, 5.41) is 4.13. The Morgan fingerprint density at radius 1 is 0.967 bits per heavy atom. The summed E-state index contributed by atoms with van der Waals surface area (Å²) in [6.45, 7) is 0.273. The monoisotopic (exact) mass is 501 g/mol. The Kier molecular flexibility index (Phi) is 9.42. The molecule has 0 spiro atoms. The van der Waals surface area contributed by atoms with Crippen molar-refractivity contribution in [3.8, 4) is 11.5 Å². The van der Waals surface area contributed by atoms with Gasteiger partial charge in [0.25, 0.3) is 0 Å². The van der Waals surface area contributed by atoms with Crippen LogP contribution in [0, 0.1) is 0 Å². The Hall–Kier alpha value is -1.80. The molecule has 0 fully saturated rings. The van der Waals surface area contributed by atoms with E-state index in [-0.39, 0.29) is 40.1 Å². The lowest BCUT2D eigenvalue weighted by atomic mass is 10.1. The van der Waals surface area contributed by atoms with Crippen molar-refractivity contribution in [3.63, 3.8) is 0 Å². The summed E-state index contributed by atoms with van der Waals surface area (Å²) in [5.74, 6) is 0.646. The number of hydrogen-bond acceptors (Lipinski definition) is 4. The third kappa shape index (κ3) is 8.14. The van der Waals surface area contributed by atoms with Gasteiger partial charge in [-0.2, -0.15) is 13.2 Å². The summed E-state index contributed by atoms with van der Waals surface area (Å²) in [6.07, 6.45) is -1.64. The molecule has 0 atom stereocenters. The van der Waals surface area contributed by atoms with Crippen LogP contribution in [0.25, 0.3) is 0 Å². The van der Waals surface area contributed by atoms with E-state index < -0.39 is 11.7 Å². The van der Waals surface area contributed by atoms with Gasteiger partial charge in [-0.25, -0.2) is 0 Å². The van der Waals surface area contributed by atoms with Gasteiger partial charge in [-0.05, 0) is 23.8 Å². The van der Waals surface area contributed by atoms with Gasteiger partial charge in [0.2, 0.25) is 0 Å². The number of benzene rings is 2. The van der Waals surface area contributed by atoms with Crippen molar-refractivity contribution < 1.29 is 27.5 Å². The zero-order chi connectivity index (χ0) is 22.1. The topological polar surface area (TPSA) is 40.0 Å². The molecule has 0 aliphatic carbocycles. The molecule has 0 amide bonds. The second-order valence-corrected chi connectivity index (χ2v) is 7.38. The molecular formula is C19H14Cl4F3NO3. The molecule has 2 aromatic carbocycles. The lowest BCUT2D eigenvalue weighted by Crippen LogP contribution is -2.05. The highest BCUT2D eigenvalue weighted by atomic mass is 35.5. The van der Waals surface area contributed by atoms with Crippen molar-refractivity contribution in [2.45, 2.75) is 6.18 Å². The van der Waals surface area contributed by atoms with Crippen molar-refractivity contribution in [2.75, 3.05) is 19.8 Å². The van der Waals surface area contributed by atoms with Crippen LogP contribution in [-0.2, 0) is 11.0 Å². The average Bonchev–Trinajstić information content (AvgIpc) is 2.65. The molecule has 2 aromatic rings. The lowest BCUT2D eigenvalue weighted by Gasteiger charge is -2.11. The molecule has 0 bridgehead atoms. The zero-order valence-corrected chi connectivity index (χ0v) is 18.1. The van der Waals surface area contributed by atoms with E-state index in [9.17, 15) is 13.2 Å². The lowest BCUT2D eigenvalue weighted by molar-refractivity contribution is -0.137. The Bertz CT molecular complexity index is 876. The number of hydrogen-bond donors (Lipinski definition) is 0. The minimum atomic E-state index is -4.38. The summed E-state index contributed by atoms with van der Waals surface area (Å²) in [5.41, 5.74) is -0.283. The Balaban J connectivity index is 1.80. The highest BCUT2D eigenvalue weighted by molar-refractivity contribution is 6.55. The molecule has 4 nitrogen and oxygen atoms in total. The maximum Gasteiger partial charge on any atom is 0.416 e. The van der Waals surface area contributed by atoms with Gasteiger partial charge >= 0.3 is 6.18 Å². The van der Waals surface area contributed by atoms with Crippen LogP contribution in [0.2, 0.25) is 10.0 Å². The first-order valence-corrected chi connectivity index (χ1v) is 9.76. The molecule has 0 N–H and O–H groups in total. The number of nitrogens with zero attached hydrogens (tertiary/aromatic N) is 1. The van der Waals surface area contributed by atoms with Crippen LogP contribution >= 0.6 is 46.4 Å². The molecule has 0 aliphatic heterocycles. The largest absolute Gasteiger partial charge is 0.489 e. The van der Waals surface area contributed by atoms with E-state index in [0.29, 0.717) is 11.3 Å². The summed E-state index contributed by atoms with van der Waals surface area (Å²) < 4.78 is 48.4. The van der Waals surface area contributed by atoms with Gasteiger partial charge in [0, 0.05) is 12.1 Å². The number of oxime groups is 1. The highest BCUT2D eigenvalue weighted by Gasteiger charge is 2.29. The third-order valence-electron chi connectivity index (χ3n) is 3.39. The van der Waals surface area contributed by atoms with E-state index >= 15 is 0 Å². The summed E-state index contributed by atoms with van der Waals surface area (Å²) in [6, 6.07) is 7.52. The summed E-state index contributed by atoms with van der Waals surface area (Å²) in [4.78, 5) is 5.02. The van der Waals surface area contributed by atoms with Gasteiger partial charge in [-0.15, -0.1) is 0 Å². The van der Waals surface area contributed by atoms with Crippen LogP contribution in [0.4, 0.5) is 13.2 Å². The molecule has 0 saturated heterocycles. The highest BCUT2D eigenvalue weighted by Crippen LogP contribution is 2.37. The van der Waals surface area contributed by atoms with Crippen molar-refractivity contribution in [3.05, 3.63) is 68.1 Å². The van der Waals surface area contributed by atoms with Crippen LogP contribution in [0.1, 0.15) is 11.1 Å². The van der Waals surface area contributed by atoms with Crippen LogP contribution in [-0.4, -0.2) is 26.0 Å². The predicted molar refractivity (Wildman–Crippen MR) is 112 cm³/mol. The Morgan fingerprint density at radius 2 is 1.60 bits per heavy atom. The molecular weight excluding hydrogens is 489 g/mol. The van der Waals surface area contributed by atoms with Gasteiger partial charge in [0.15, 0.2) is 12.4 Å². The van der Waals surface area contributed by atoms with Crippen molar-refractivity contribution in [1.29, 1.82) is 0 Å². The minimum absolute atomic E-state index is 0.0566. The molecule has 11 heteroatoms. The SMILES string of the molecule is FC(F)(F)c1ccc(C=NOCCOc2c(Cl)cc(OCC=C(Cl)Cl)cc2Cl)cc1. The molecule has 0 unspecified atom stereocenters. The maximum absolute atomic E-state index is 12.5. The van der Waals surface area contributed by atoms with Crippen LogP contribution in [0.5, 0.6) is 11.5 Å². The molecule has 0 heterocycles. The summed E-state index contributed by atoms with van der Waals surface area (Å²) in [7, 11) is 0. The van der Waals surface area contributed by atoms with Crippen molar-refractivity contribution in [2.24, 2.45) is 5.16 Å². The van der Waals surface area contributed by atoms with Gasteiger partial charge in [0.05, 0.1) is 21.8 Å². The second kappa shape index (κ2) is 11.6. The molecule has 2 rings (SSSR count). The third-order valence-corrected chi connectivity index (χ3v) is 4.26. The van der Waals surface area contributed by atoms with E-state index in [1.54, 1.807) is 0 Å². The van der Waals surface area contributed by atoms with Crippen molar-refractivity contribution in [1.82, 2.24) is 0 Å². The Labute approximate surface area is 190 Å². The van der Waals surface area contributed by atoms with Gasteiger partial charge in [-0.3, -0.25) is 0 Å². The summed E-state index contributed by atoms with van der Waals surface area (Å²) >= 11 is 23.3. The first-order chi connectivity index (χ1) is 14.2. The van der Waals surface area contributed by atoms with E-state index in [4.69, 9.17) is 60.7 Å². The van der Waals surface area contributed by atoms with Crippen LogP contribution in [0.3, 0.4) is 0 Å². The van der Waals surface area contributed by atoms with Crippen molar-refractivity contribution >= 4 is 52.6 Å². The standard InChI is InChI=1S/C19H14Cl4F3NO3/c20-15-9-14(28-6-5-17(22)23)10-16(21)18(15)29-7-8-30-27-11-12-1-3-13(4-2-12)19(24,25)26/h1-5,9-11H,6-8H2. The van der Waals surface area contributed by atoms with Crippen LogP contribution < -0.4 is 9.47 Å². The van der Waals surface area contributed by atoms with E-state index in [1.807, 2.05) is 0 Å². The molecule has 0 aliphatic rings. The average molecular weight is 503 g/mol. The van der Waals surface area contributed by atoms with Gasteiger partial charge in [-0.1, -0.05) is 63.7 Å². The smallest absolute Gasteiger partial charge is 0.416 e.